The first-order valence-corrected chi connectivity index (χ1v) is 6.34. The first-order valence-electron chi connectivity index (χ1n) is 6.34. The SMILES string of the molecule is CCc1c(C)nc2ccccc2c1C(C)(C)C. The molecule has 2 aromatic rings. The molecule has 0 amide bonds. The van der Waals surface area contributed by atoms with Gasteiger partial charge in [-0.15, -0.1) is 0 Å². The minimum atomic E-state index is 0.165. The van der Waals surface area contributed by atoms with Gasteiger partial charge in [0.1, 0.15) is 0 Å². The van der Waals surface area contributed by atoms with Gasteiger partial charge >= 0.3 is 0 Å². The number of aryl methyl sites for hydroxylation is 1. The smallest absolute Gasteiger partial charge is 0.0708 e. The zero-order valence-corrected chi connectivity index (χ0v) is 11.5. The van der Waals surface area contributed by atoms with Crippen LogP contribution >= 0.6 is 0 Å². The predicted molar refractivity (Wildman–Crippen MR) is 74.6 cm³/mol. The van der Waals surface area contributed by atoms with E-state index in [2.05, 4.69) is 58.9 Å². The molecular formula is C16H21N. The van der Waals surface area contributed by atoms with E-state index < -0.39 is 0 Å². The number of nitrogens with zero attached hydrogens (tertiary/aromatic N) is 1. The highest BCUT2D eigenvalue weighted by molar-refractivity contribution is 5.84. The van der Waals surface area contributed by atoms with E-state index in [0.29, 0.717) is 0 Å². The summed E-state index contributed by atoms with van der Waals surface area (Å²) in [4.78, 5) is 4.72. The summed E-state index contributed by atoms with van der Waals surface area (Å²) in [6.07, 6.45) is 1.05. The second kappa shape index (κ2) is 4.14. The lowest BCUT2D eigenvalue weighted by atomic mass is 9.80. The lowest BCUT2D eigenvalue weighted by Crippen LogP contribution is -2.16. The summed E-state index contributed by atoms with van der Waals surface area (Å²) in [6, 6.07) is 8.47. The van der Waals surface area contributed by atoms with Crippen LogP contribution in [0, 0.1) is 6.92 Å². The Kier molecular flexibility index (Phi) is 2.94. The fourth-order valence-electron chi connectivity index (χ4n) is 2.66. The Morgan fingerprint density at radius 3 is 2.35 bits per heavy atom. The normalized spacial score (nSPS) is 12.1. The van der Waals surface area contributed by atoms with Gasteiger partial charge in [-0.3, -0.25) is 4.98 Å². The number of benzene rings is 1. The highest BCUT2D eigenvalue weighted by Gasteiger charge is 2.22. The molecule has 0 fully saturated rings. The summed E-state index contributed by atoms with van der Waals surface area (Å²) in [5.41, 5.74) is 5.33. The highest BCUT2D eigenvalue weighted by Crippen LogP contribution is 2.33. The van der Waals surface area contributed by atoms with E-state index in [9.17, 15) is 0 Å². The van der Waals surface area contributed by atoms with Crippen molar-refractivity contribution in [2.24, 2.45) is 0 Å². The van der Waals surface area contributed by atoms with Crippen molar-refractivity contribution in [3.8, 4) is 0 Å². The zero-order valence-electron chi connectivity index (χ0n) is 11.5. The maximum absolute atomic E-state index is 4.72. The van der Waals surface area contributed by atoms with Crippen molar-refractivity contribution in [3.05, 3.63) is 41.1 Å². The van der Waals surface area contributed by atoms with Gasteiger partial charge in [0.05, 0.1) is 5.52 Å². The minimum Gasteiger partial charge on any atom is -0.253 e. The van der Waals surface area contributed by atoms with Crippen LogP contribution in [0.4, 0.5) is 0 Å². The van der Waals surface area contributed by atoms with Crippen LogP contribution in [0.15, 0.2) is 24.3 Å². The van der Waals surface area contributed by atoms with E-state index in [1.54, 1.807) is 0 Å². The Morgan fingerprint density at radius 2 is 1.76 bits per heavy atom. The molecule has 1 aromatic carbocycles. The van der Waals surface area contributed by atoms with E-state index >= 15 is 0 Å². The molecule has 0 radical (unpaired) electrons. The summed E-state index contributed by atoms with van der Waals surface area (Å²) in [6.45, 7) is 11.2. The fourth-order valence-corrected chi connectivity index (χ4v) is 2.66. The molecule has 0 unspecified atom stereocenters. The zero-order chi connectivity index (χ0) is 12.6. The molecular weight excluding hydrogens is 206 g/mol. The quantitative estimate of drug-likeness (QED) is 0.703. The fraction of sp³-hybridized carbons (Fsp3) is 0.438. The molecule has 0 aliphatic carbocycles. The molecule has 0 saturated heterocycles. The summed E-state index contributed by atoms with van der Waals surface area (Å²) in [7, 11) is 0. The number of hydrogen-bond donors (Lipinski definition) is 0. The number of para-hydroxylation sites is 1. The van der Waals surface area contributed by atoms with Gasteiger partial charge in [-0.1, -0.05) is 45.9 Å². The van der Waals surface area contributed by atoms with Crippen molar-refractivity contribution < 1.29 is 0 Å². The standard InChI is InChI=1S/C16H21N/c1-6-12-11(2)17-14-10-8-7-9-13(14)15(12)16(3,4)5/h7-10H,6H2,1-5H3. The molecule has 90 valence electrons. The number of fused-ring (bicyclic) bond motifs is 1. The van der Waals surface area contributed by atoms with Crippen molar-refractivity contribution in [3.63, 3.8) is 0 Å². The number of hydrogen-bond acceptors (Lipinski definition) is 1. The van der Waals surface area contributed by atoms with E-state index in [4.69, 9.17) is 4.98 Å². The second-order valence-corrected chi connectivity index (χ2v) is 5.67. The van der Waals surface area contributed by atoms with Gasteiger partial charge in [0.2, 0.25) is 0 Å². The molecule has 0 spiro atoms. The van der Waals surface area contributed by atoms with E-state index in [1.165, 1.54) is 22.2 Å². The van der Waals surface area contributed by atoms with Crippen molar-refractivity contribution in [1.82, 2.24) is 4.98 Å². The van der Waals surface area contributed by atoms with Crippen LogP contribution in [0.5, 0.6) is 0 Å². The maximum atomic E-state index is 4.72. The number of rotatable bonds is 1. The molecule has 0 aliphatic heterocycles. The Bertz CT molecular complexity index is 547. The second-order valence-electron chi connectivity index (χ2n) is 5.67. The summed E-state index contributed by atoms with van der Waals surface area (Å²) in [5.74, 6) is 0. The molecule has 0 bridgehead atoms. The van der Waals surface area contributed by atoms with Gasteiger partial charge in [0.25, 0.3) is 0 Å². The van der Waals surface area contributed by atoms with Gasteiger partial charge in [0.15, 0.2) is 0 Å². The van der Waals surface area contributed by atoms with Crippen LogP contribution in [0.2, 0.25) is 0 Å². The molecule has 0 saturated carbocycles. The summed E-state index contributed by atoms with van der Waals surface area (Å²) < 4.78 is 0. The van der Waals surface area contributed by atoms with Crippen LogP contribution in [0.1, 0.15) is 44.5 Å². The summed E-state index contributed by atoms with van der Waals surface area (Å²) >= 11 is 0. The molecule has 1 heteroatoms. The number of pyridine rings is 1. The van der Waals surface area contributed by atoms with Crippen LogP contribution in [0.25, 0.3) is 10.9 Å². The topological polar surface area (TPSA) is 12.9 Å². The van der Waals surface area contributed by atoms with E-state index in [0.717, 1.165) is 11.9 Å². The van der Waals surface area contributed by atoms with Crippen LogP contribution in [0.3, 0.4) is 0 Å². The molecule has 17 heavy (non-hydrogen) atoms. The predicted octanol–water partition coefficient (Wildman–Crippen LogP) is 4.40. The maximum Gasteiger partial charge on any atom is 0.0708 e. The highest BCUT2D eigenvalue weighted by atomic mass is 14.7. The van der Waals surface area contributed by atoms with Crippen LogP contribution in [-0.4, -0.2) is 4.98 Å². The first kappa shape index (κ1) is 12.1. The van der Waals surface area contributed by atoms with Gasteiger partial charge in [0, 0.05) is 11.1 Å². The Hall–Kier alpha value is -1.37. The summed E-state index contributed by atoms with van der Waals surface area (Å²) in [5, 5.41) is 1.31. The third kappa shape index (κ3) is 2.06. The van der Waals surface area contributed by atoms with Crippen molar-refractivity contribution in [2.45, 2.75) is 46.5 Å². The van der Waals surface area contributed by atoms with Gasteiger partial charge in [-0.2, -0.15) is 0 Å². The minimum absolute atomic E-state index is 0.165. The van der Waals surface area contributed by atoms with Crippen molar-refractivity contribution >= 4 is 10.9 Å². The molecule has 1 nitrogen and oxygen atoms in total. The third-order valence-corrected chi connectivity index (χ3v) is 3.30. The third-order valence-electron chi connectivity index (χ3n) is 3.30. The van der Waals surface area contributed by atoms with E-state index in [-0.39, 0.29) is 5.41 Å². The van der Waals surface area contributed by atoms with Gasteiger partial charge < -0.3 is 0 Å². The largest absolute Gasteiger partial charge is 0.253 e. The molecule has 2 rings (SSSR count). The monoisotopic (exact) mass is 227 g/mol. The lowest BCUT2D eigenvalue weighted by molar-refractivity contribution is 0.587. The Morgan fingerprint density at radius 1 is 1.12 bits per heavy atom. The van der Waals surface area contributed by atoms with Crippen molar-refractivity contribution in [2.75, 3.05) is 0 Å². The number of aromatic nitrogens is 1. The molecule has 0 N–H and O–H groups in total. The first-order chi connectivity index (χ1) is 7.95. The van der Waals surface area contributed by atoms with Gasteiger partial charge in [-0.05, 0) is 36.0 Å². The molecule has 0 atom stereocenters. The molecule has 1 heterocycles. The average Bonchev–Trinajstić information content (AvgIpc) is 2.25. The lowest BCUT2D eigenvalue weighted by Gasteiger charge is -2.25. The Balaban J connectivity index is 2.92. The van der Waals surface area contributed by atoms with Crippen LogP contribution in [-0.2, 0) is 11.8 Å². The molecule has 0 aliphatic rings. The Labute approximate surface area is 104 Å². The van der Waals surface area contributed by atoms with E-state index in [1.807, 2.05) is 0 Å². The van der Waals surface area contributed by atoms with Crippen molar-refractivity contribution in [1.29, 1.82) is 0 Å². The average molecular weight is 227 g/mol. The van der Waals surface area contributed by atoms with Gasteiger partial charge in [-0.25, -0.2) is 0 Å². The molecule has 1 aromatic heterocycles. The van der Waals surface area contributed by atoms with Crippen LogP contribution < -0.4 is 0 Å².